The number of benzene rings is 3. The zero-order valence-corrected chi connectivity index (χ0v) is 23.4. The Morgan fingerprint density at radius 1 is 0.895 bits per heavy atom. The number of anilines is 2. The highest BCUT2D eigenvalue weighted by molar-refractivity contribution is 7.62. The number of nitrogens with one attached hydrogen (secondary N) is 2. The molecule has 0 saturated heterocycles. The van der Waals surface area contributed by atoms with Gasteiger partial charge in [-0.05, 0) is 68.4 Å². The molecule has 0 saturated carbocycles. The van der Waals surface area contributed by atoms with Crippen LogP contribution >= 0.6 is 7.60 Å². The van der Waals surface area contributed by atoms with Gasteiger partial charge in [0.2, 0.25) is 0 Å². The maximum absolute atomic E-state index is 13.5. The van der Waals surface area contributed by atoms with E-state index in [0.717, 1.165) is 30.9 Å². The molecule has 4 rings (SSSR count). The van der Waals surface area contributed by atoms with Gasteiger partial charge in [-0.25, -0.2) is 0 Å². The highest BCUT2D eigenvalue weighted by Gasteiger charge is 2.33. The predicted molar refractivity (Wildman–Crippen MR) is 156 cm³/mol. The van der Waals surface area contributed by atoms with Gasteiger partial charge in [-0.3, -0.25) is 14.3 Å². The molecule has 0 fully saturated rings. The van der Waals surface area contributed by atoms with E-state index in [1.807, 2.05) is 42.5 Å². The summed E-state index contributed by atoms with van der Waals surface area (Å²) in [5, 5.41) is 6.87. The normalized spacial score (nSPS) is 14.4. The third-order valence-electron chi connectivity index (χ3n) is 6.50. The van der Waals surface area contributed by atoms with Gasteiger partial charge >= 0.3 is 7.60 Å². The van der Waals surface area contributed by atoms with Crippen molar-refractivity contribution in [1.82, 2.24) is 4.90 Å². The molecule has 200 valence electrons. The number of carbonyl (C=O) groups excluding carboxylic acids is 1. The van der Waals surface area contributed by atoms with Crippen molar-refractivity contribution in [2.75, 3.05) is 36.9 Å². The van der Waals surface area contributed by atoms with Crippen molar-refractivity contribution >= 4 is 41.5 Å². The Balaban J connectivity index is 1.78. The Kier molecular flexibility index (Phi) is 9.18. The molecule has 0 aliphatic carbocycles. The molecule has 0 aromatic heterocycles. The molecule has 0 spiro atoms. The molecular formula is C30H36N3O4P. The van der Waals surface area contributed by atoms with E-state index in [2.05, 4.69) is 41.5 Å². The lowest BCUT2D eigenvalue weighted by Crippen LogP contribution is -2.22. The lowest BCUT2D eigenvalue weighted by molar-refractivity contribution is -0.110. The Labute approximate surface area is 225 Å². The molecule has 1 heterocycles. The third-order valence-corrected chi connectivity index (χ3v) is 8.61. The smallest absolute Gasteiger partial charge is 0.354 e. The van der Waals surface area contributed by atoms with Crippen LogP contribution in [0.15, 0.2) is 72.8 Å². The van der Waals surface area contributed by atoms with Gasteiger partial charge in [0.1, 0.15) is 0 Å². The minimum atomic E-state index is -3.53. The molecule has 3 aromatic rings. The van der Waals surface area contributed by atoms with Gasteiger partial charge in [-0.2, -0.15) is 0 Å². The number of rotatable bonds is 12. The Bertz CT molecular complexity index is 1330. The van der Waals surface area contributed by atoms with Crippen molar-refractivity contribution in [2.24, 2.45) is 0 Å². The largest absolute Gasteiger partial charge is 0.361 e. The minimum Gasteiger partial charge on any atom is -0.354 e. The van der Waals surface area contributed by atoms with Crippen LogP contribution < -0.4 is 15.9 Å². The Morgan fingerprint density at radius 3 is 2.16 bits per heavy atom. The summed E-state index contributed by atoms with van der Waals surface area (Å²) in [5.74, 6) is -0.232. The van der Waals surface area contributed by atoms with Crippen LogP contribution in [-0.4, -0.2) is 37.1 Å². The van der Waals surface area contributed by atoms with Crippen molar-refractivity contribution in [1.29, 1.82) is 0 Å². The zero-order chi connectivity index (χ0) is 27.1. The SMILES string of the molecule is CCOP(=O)(OCC)c1ccc2c(c1)C(=C(Nc1ccc(CN(CC)CC)cc1)c1ccccc1)C(=O)N2. The molecule has 38 heavy (non-hydrogen) atoms. The Morgan fingerprint density at radius 2 is 1.55 bits per heavy atom. The van der Waals surface area contributed by atoms with Crippen LogP contribution in [0, 0.1) is 0 Å². The van der Waals surface area contributed by atoms with Crippen molar-refractivity contribution in [3.05, 3.63) is 89.5 Å². The molecule has 0 atom stereocenters. The number of carbonyl (C=O) groups is 1. The number of nitrogens with zero attached hydrogens (tertiary/aromatic N) is 1. The van der Waals surface area contributed by atoms with E-state index in [4.69, 9.17) is 9.05 Å². The maximum atomic E-state index is 13.5. The first-order chi connectivity index (χ1) is 18.4. The van der Waals surface area contributed by atoms with Crippen LogP contribution in [0.2, 0.25) is 0 Å². The first-order valence-electron chi connectivity index (χ1n) is 13.2. The third kappa shape index (κ3) is 6.08. The summed E-state index contributed by atoms with van der Waals surface area (Å²) in [6.45, 7) is 11.3. The van der Waals surface area contributed by atoms with Crippen LogP contribution in [0.25, 0.3) is 11.3 Å². The number of fused-ring (bicyclic) bond motifs is 1. The van der Waals surface area contributed by atoms with E-state index < -0.39 is 7.60 Å². The van der Waals surface area contributed by atoms with Gasteiger partial charge in [0.15, 0.2) is 0 Å². The van der Waals surface area contributed by atoms with Crippen molar-refractivity contribution in [2.45, 2.75) is 34.2 Å². The van der Waals surface area contributed by atoms with Crippen molar-refractivity contribution < 1.29 is 18.4 Å². The average Bonchev–Trinajstić information content (AvgIpc) is 3.26. The molecule has 0 radical (unpaired) electrons. The maximum Gasteiger partial charge on any atom is 0.361 e. The van der Waals surface area contributed by atoms with Crippen LogP contribution in [-0.2, 0) is 25.0 Å². The second-order valence-corrected chi connectivity index (χ2v) is 10.9. The molecule has 7 nitrogen and oxygen atoms in total. The highest BCUT2D eigenvalue weighted by atomic mass is 31.2. The highest BCUT2D eigenvalue weighted by Crippen LogP contribution is 2.48. The first-order valence-corrected chi connectivity index (χ1v) is 14.7. The van der Waals surface area contributed by atoms with Crippen molar-refractivity contribution in [3.63, 3.8) is 0 Å². The first kappa shape index (κ1) is 27.8. The molecule has 2 N–H and O–H groups in total. The molecule has 0 unspecified atom stereocenters. The fraction of sp³-hybridized carbons (Fsp3) is 0.300. The average molecular weight is 534 g/mol. The van der Waals surface area contributed by atoms with E-state index in [9.17, 15) is 9.36 Å². The molecule has 1 aliphatic rings. The van der Waals surface area contributed by atoms with Gasteiger partial charge in [0, 0.05) is 23.5 Å². The van der Waals surface area contributed by atoms with Gasteiger partial charge in [-0.15, -0.1) is 0 Å². The Hall–Kier alpha value is -3.22. The monoisotopic (exact) mass is 533 g/mol. The van der Waals surface area contributed by atoms with Crippen LogP contribution in [0.4, 0.5) is 11.4 Å². The minimum absolute atomic E-state index is 0.232. The van der Waals surface area contributed by atoms with Gasteiger partial charge < -0.3 is 19.7 Å². The quantitative estimate of drug-likeness (QED) is 0.209. The second kappa shape index (κ2) is 12.5. The summed E-state index contributed by atoms with van der Waals surface area (Å²) >= 11 is 0. The molecule has 1 amide bonds. The number of amides is 1. The van der Waals surface area contributed by atoms with Crippen LogP contribution in [0.1, 0.15) is 44.4 Å². The molecular weight excluding hydrogens is 497 g/mol. The fourth-order valence-corrected chi connectivity index (χ4v) is 6.12. The standard InChI is InChI=1S/C30H36N3O4P/c1-5-33(6-2)21-22-14-16-24(17-15-22)31-29(23-12-10-9-11-13-23)28-26-20-25(18-19-27(26)32-30(28)34)38(35,36-7-3)37-8-4/h9-20,31H,5-8,21H2,1-4H3,(H,32,34). The second-order valence-electron chi connectivity index (χ2n) is 8.92. The summed E-state index contributed by atoms with van der Waals surface area (Å²) in [5.41, 5.74) is 5.39. The van der Waals surface area contributed by atoms with Crippen molar-refractivity contribution in [3.8, 4) is 0 Å². The van der Waals surface area contributed by atoms with E-state index in [1.165, 1.54) is 5.56 Å². The lowest BCUT2D eigenvalue weighted by Gasteiger charge is -2.19. The number of hydrogen-bond donors (Lipinski definition) is 2. The van der Waals surface area contributed by atoms with Gasteiger partial charge in [-0.1, -0.05) is 56.3 Å². The zero-order valence-electron chi connectivity index (χ0n) is 22.5. The van der Waals surface area contributed by atoms with Gasteiger partial charge in [0.05, 0.1) is 29.8 Å². The summed E-state index contributed by atoms with van der Waals surface area (Å²) in [6.07, 6.45) is 0. The van der Waals surface area contributed by atoms with E-state index in [1.54, 1.807) is 32.0 Å². The molecule has 0 bridgehead atoms. The summed E-state index contributed by atoms with van der Waals surface area (Å²) < 4.78 is 24.6. The lowest BCUT2D eigenvalue weighted by atomic mass is 10.00. The van der Waals surface area contributed by atoms with Gasteiger partial charge in [0.25, 0.3) is 5.91 Å². The molecule has 8 heteroatoms. The summed E-state index contributed by atoms with van der Waals surface area (Å²) in [4.78, 5) is 15.7. The fourth-order valence-electron chi connectivity index (χ4n) is 4.53. The van der Waals surface area contributed by atoms with E-state index in [-0.39, 0.29) is 19.1 Å². The van der Waals surface area contributed by atoms with Crippen LogP contribution in [0.5, 0.6) is 0 Å². The topological polar surface area (TPSA) is 79.9 Å². The molecule has 3 aromatic carbocycles. The van der Waals surface area contributed by atoms with E-state index >= 15 is 0 Å². The number of hydrogen-bond acceptors (Lipinski definition) is 6. The predicted octanol–water partition coefficient (Wildman–Crippen LogP) is 6.35. The summed E-state index contributed by atoms with van der Waals surface area (Å²) in [7, 11) is -3.53. The van der Waals surface area contributed by atoms with Crippen LogP contribution in [0.3, 0.4) is 0 Å². The van der Waals surface area contributed by atoms with E-state index in [0.29, 0.717) is 27.8 Å². The summed E-state index contributed by atoms with van der Waals surface area (Å²) in [6, 6.07) is 23.2. The molecule has 1 aliphatic heterocycles.